The smallest absolute Gasteiger partial charge is 0.000428 e. The summed E-state index contributed by atoms with van der Waals surface area (Å²) in [5.41, 5.74) is 2.88. The molecule has 0 saturated heterocycles. The molecule has 2 rings (SSSR count). The lowest BCUT2D eigenvalue weighted by molar-refractivity contribution is 0.181. The lowest BCUT2D eigenvalue weighted by Gasteiger charge is -2.37. The van der Waals surface area contributed by atoms with Crippen molar-refractivity contribution in [1.29, 1.82) is 0 Å². The molecule has 0 bridgehead atoms. The maximum atomic E-state index is 4.54. The normalized spacial score (nSPS) is 32.6. The van der Waals surface area contributed by atoms with Crippen LogP contribution in [0.25, 0.3) is 0 Å². The van der Waals surface area contributed by atoms with Crippen LogP contribution in [0.2, 0.25) is 0 Å². The highest BCUT2D eigenvalue weighted by atomic mass is 14.4. The van der Waals surface area contributed by atoms with Gasteiger partial charge < -0.3 is 0 Å². The molecule has 2 aliphatic rings. The molecule has 21 heavy (non-hydrogen) atoms. The van der Waals surface area contributed by atoms with Gasteiger partial charge in [0.2, 0.25) is 0 Å². The Kier molecular flexibility index (Phi) is 6.14. The Balaban J connectivity index is 1.98. The SMILES string of the molecule is C=C(C)C(CC1CCC(C)CC1C)C(=C)C1CCCCC1. The predicted molar refractivity (Wildman–Crippen MR) is 94.3 cm³/mol. The van der Waals surface area contributed by atoms with Gasteiger partial charge in [-0.3, -0.25) is 0 Å². The van der Waals surface area contributed by atoms with E-state index >= 15 is 0 Å². The third kappa shape index (κ3) is 4.47. The fourth-order valence-electron chi connectivity index (χ4n) is 4.81. The molecule has 0 amide bonds. The zero-order valence-corrected chi connectivity index (χ0v) is 14.7. The van der Waals surface area contributed by atoms with Crippen LogP contribution in [0.4, 0.5) is 0 Å². The van der Waals surface area contributed by atoms with E-state index in [0.717, 1.165) is 23.7 Å². The fourth-order valence-corrected chi connectivity index (χ4v) is 4.81. The van der Waals surface area contributed by atoms with Crippen LogP contribution in [-0.2, 0) is 0 Å². The largest absolute Gasteiger partial charge is 0.0995 e. The van der Waals surface area contributed by atoms with Crippen molar-refractivity contribution in [2.45, 2.75) is 78.6 Å². The van der Waals surface area contributed by atoms with Gasteiger partial charge in [0.1, 0.15) is 0 Å². The Morgan fingerprint density at radius 2 is 1.67 bits per heavy atom. The molecular weight excluding hydrogens is 252 g/mol. The van der Waals surface area contributed by atoms with Gasteiger partial charge in [-0.15, -0.1) is 0 Å². The molecule has 0 aromatic heterocycles. The summed E-state index contributed by atoms with van der Waals surface area (Å²) in [5, 5.41) is 0. The summed E-state index contributed by atoms with van der Waals surface area (Å²) < 4.78 is 0. The molecule has 4 unspecified atom stereocenters. The highest BCUT2D eigenvalue weighted by molar-refractivity contribution is 5.18. The second kappa shape index (κ2) is 7.65. The zero-order valence-electron chi connectivity index (χ0n) is 14.7. The highest BCUT2D eigenvalue weighted by Gasteiger charge is 2.30. The molecule has 0 radical (unpaired) electrons. The maximum absolute atomic E-state index is 4.54. The van der Waals surface area contributed by atoms with E-state index in [-0.39, 0.29) is 0 Å². The lowest BCUT2D eigenvalue weighted by Crippen LogP contribution is -2.26. The molecule has 0 aromatic rings. The van der Waals surface area contributed by atoms with Crippen LogP contribution in [-0.4, -0.2) is 0 Å². The predicted octanol–water partition coefficient (Wildman–Crippen LogP) is 6.78. The summed E-state index contributed by atoms with van der Waals surface area (Å²) in [6, 6.07) is 0. The second-order valence-electron chi connectivity index (χ2n) is 8.20. The average Bonchev–Trinajstić information content (AvgIpc) is 2.46. The molecule has 2 fully saturated rings. The van der Waals surface area contributed by atoms with E-state index in [1.807, 2.05) is 0 Å². The van der Waals surface area contributed by atoms with E-state index in [2.05, 4.69) is 33.9 Å². The van der Waals surface area contributed by atoms with Crippen molar-refractivity contribution in [3.63, 3.8) is 0 Å². The summed E-state index contributed by atoms with van der Waals surface area (Å²) in [6.07, 6.45) is 12.6. The molecular formula is C21H36. The van der Waals surface area contributed by atoms with Crippen LogP contribution in [0, 0.1) is 29.6 Å². The Labute approximate surface area is 133 Å². The minimum Gasteiger partial charge on any atom is -0.0995 e. The minimum atomic E-state index is 0.578. The van der Waals surface area contributed by atoms with Crippen LogP contribution in [0.3, 0.4) is 0 Å². The van der Waals surface area contributed by atoms with Crippen molar-refractivity contribution in [3.8, 4) is 0 Å². The topological polar surface area (TPSA) is 0 Å². The van der Waals surface area contributed by atoms with Crippen molar-refractivity contribution in [3.05, 3.63) is 24.3 Å². The van der Waals surface area contributed by atoms with Gasteiger partial charge in [-0.25, -0.2) is 0 Å². The Morgan fingerprint density at radius 3 is 2.24 bits per heavy atom. The monoisotopic (exact) mass is 288 g/mol. The van der Waals surface area contributed by atoms with Gasteiger partial charge in [0.15, 0.2) is 0 Å². The molecule has 0 aromatic carbocycles. The third-order valence-corrected chi connectivity index (χ3v) is 6.32. The number of hydrogen-bond acceptors (Lipinski definition) is 0. The Bertz CT molecular complexity index is 358. The van der Waals surface area contributed by atoms with E-state index < -0.39 is 0 Å². The molecule has 0 nitrogen and oxygen atoms in total. The summed E-state index contributed by atoms with van der Waals surface area (Å²) >= 11 is 0. The second-order valence-corrected chi connectivity index (χ2v) is 8.20. The molecule has 2 saturated carbocycles. The number of rotatable bonds is 5. The number of hydrogen-bond donors (Lipinski definition) is 0. The van der Waals surface area contributed by atoms with Crippen LogP contribution in [0.1, 0.15) is 78.6 Å². The first-order chi connectivity index (χ1) is 9.99. The summed E-state index contributed by atoms with van der Waals surface area (Å²) in [6.45, 7) is 16.0. The van der Waals surface area contributed by atoms with Crippen molar-refractivity contribution < 1.29 is 0 Å². The Hall–Kier alpha value is -0.520. The van der Waals surface area contributed by atoms with Crippen LogP contribution < -0.4 is 0 Å². The fraction of sp³-hybridized carbons (Fsp3) is 0.810. The van der Waals surface area contributed by atoms with Gasteiger partial charge in [0.25, 0.3) is 0 Å². The first kappa shape index (κ1) is 16.8. The van der Waals surface area contributed by atoms with E-state index in [9.17, 15) is 0 Å². The minimum absolute atomic E-state index is 0.578. The highest BCUT2D eigenvalue weighted by Crippen LogP contribution is 2.42. The summed E-state index contributed by atoms with van der Waals surface area (Å²) in [7, 11) is 0. The zero-order chi connectivity index (χ0) is 15.4. The summed E-state index contributed by atoms with van der Waals surface area (Å²) in [5.74, 6) is 4.06. The Morgan fingerprint density at radius 1 is 1.00 bits per heavy atom. The van der Waals surface area contributed by atoms with E-state index in [4.69, 9.17) is 0 Å². The third-order valence-electron chi connectivity index (χ3n) is 6.32. The molecule has 0 aliphatic heterocycles. The van der Waals surface area contributed by atoms with Crippen molar-refractivity contribution in [2.24, 2.45) is 29.6 Å². The lowest BCUT2D eigenvalue weighted by atomic mass is 9.68. The molecule has 120 valence electrons. The van der Waals surface area contributed by atoms with Gasteiger partial charge in [0.05, 0.1) is 0 Å². The van der Waals surface area contributed by atoms with Crippen molar-refractivity contribution in [1.82, 2.24) is 0 Å². The van der Waals surface area contributed by atoms with E-state index in [0.29, 0.717) is 5.92 Å². The number of allylic oxidation sites excluding steroid dienone is 2. The standard InChI is InChI=1S/C21H36/c1-15(2)21(18(5)19-9-7-6-8-10-19)14-20-12-11-16(3)13-17(20)4/h16-17,19-21H,1,5-14H2,2-4H3. The van der Waals surface area contributed by atoms with Gasteiger partial charge in [-0.05, 0) is 62.7 Å². The molecule has 4 atom stereocenters. The quantitative estimate of drug-likeness (QED) is 0.489. The molecule has 2 aliphatic carbocycles. The van der Waals surface area contributed by atoms with Gasteiger partial charge in [0, 0.05) is 5.92 Å². The van der Waals surface area contributed by atoms with Crippen molar-refractivity contribution >= 4 is 0 Å². The van der Waals surface area contributed by atoms with Crippen LogP contribution in [0.15, 0.2) is 24.3 Å². The van der Waals surface area contributed by atoms with Gasteiger partial charge in [-0.1, -0.05) is 63.8 Å². The van der Waals surface area contributed by atoms with E-state index in [1.165, 1.54) is 68.9 Å². The van der Waals surface area contributed by atoms with Gasteiger partial charge >= 0.3 is 0 Å². The van der Waals surface area contributed by atoms with Crippen LogP contribution in [0.5, 0.6) is 0 Å². The average molecular weight is 289 g/mol. The molecule has 0 N–H and O–H groups in total. The molecule has 0 spiro atoms. The maximum Gasteiger partial charge on any atom is 0.000428 e. The first-order valence-electron chi connectivity index (χ1n) is 9.33. The van der Waals surface area contributed by atoms with Gasteiger partial charge in [-0.2, -0.15) is 0 Å². The first-order valence-corrected chi connectivity index (χ1v) is 9.33. The summed E-state index contributed by atoms with van der Waals surface area (Å²) in [4.78, 5) is 0. The van der Waals surface area contributed by atoms with Crippen molar-refractivity contribution in [2.75, 3.05) is 0 Å². The molecule has 0 heteroatoms. The molecule has 0 heterocycles. The van der Waals surface area contributed by atoms with Crippen LogP contribution >= 0.6 is 0 Å². The van der Waals surface area contributed by atoms with E-state index in [1.54, 1.807) is 0 Å².